The van der Waals surface area contributed by atoms with E-state index in [9.17, 15) is 4.79 Å². The molecule has 1 aliphatic rings. The standard InChI is InChI=1S/C13H25NO3/c1-4-5-6-12(13(15)16-3)14-10(2)11-7-8-17-9-11/h10-12,14H,4-9H2,1-3H3. The zero-order chi connectivity index (χ0) is 12.7. The van der Waals surface area contributed by atoms with Crippen LogP contribution in [-0.4, -0.2) is 38.4 Å². The Morgan fingerprint density at radius 2 is 2.35 bits per heavy atom. The van der Waals surface area contributed by atoms with E-state index in [1.165, 1.54) is 7.11 Å². The van der Waals surface area contributed by atoms with Crippen molar-refractivity contribution in [2.75, 3.05) is 20.3 Å². The molecule has 1 aliphatic heterocycles. The maximum atomic E-state index is 11.7. The summed E-state index contributed by atoms with van der Waals surface area (Å²) in [6.07, 6.45) is 4.06. The monoisotopic (exact) mass is 243 g/mol. The van der Waals surface area contributed by atoms with Crippen LogP contribution < -0.4 is 5.32 Å². The van der Waals surface area contributed by atoms with Crippen molar-refractivity contribution < 1.29 is 14.3 Å². The van der Waals surface area contributed by atoms with Gasteiger partial charge in [-0.3, -0.25) is 4.79 Å². The van der Waals surface area contributed by atoms with Gasteiger partial charge in [0.05, 0.1) is 13.7 Å². The normalized spacial score (nSPS) is 23.4. The van der Waals surface area contributed by atoms with Crippen molar-refractivity contribution in [1.29, 1.82) is 0 Å². The van der Waals surface area contributed by atoms with E-state index in [0.29, 0.717) is 12.0 Å². The highest BCUT2D eigenvalue weighted by Crippen LogP contribution is 2.17. The molecule has 1 heterocycles. The molecule has 1 fully saturated rings. The number of carbonyl (C=O) groups is 1. The SMILES string of the molecule is CCCCC(NC(C)C1CCOC1)C(=O)OC. The summed E-state index contributed by atoms with van der Waals surface area (Å²) in [5.74, 6) is 0.369. The molecule has 0 saturated carbocycles. The molecule has 1 saturated heterocycles. The fraction of sp³-hybridized carbons (Fsp3) is 0.923. The number of rotatable bonds is 7. The first-order chi connectivity index (χ1) is 8.19. The summed E-state index contributed by atoms with van der Waals surface area (Å²) in [6.45, 7) is 5.90. The molecule has 0 bridgehead atoms. The summed E-state index contributed by atoms with van der Waals surface area (Å²) in [5.41, 5.74) is 0. The third-order valence-corrected chi connectivity index (χ3v) is 3.47. The van der Waals surface area contributed by atoms with E-state index in [0.717, 1.165) is 38.9 Å². The van der Waals surface area contributed by atoms with Gasteiger partial charge in [0.1, 0.15) is 6.04 Å². The minimum absolute atomic E-state index is 0.149. The molecule has 0 aromatic rings. The molecule has 0 amide bonds. The first kappa shape index (κ1) is 14.5. The number of ether oxygens (including phenoxy) is 2. The van der Waals surface area contributed by atoms with Crippen LogP contribution in [0.5, 0.6) is 0 Å². The number of carbonyl (C=O) groups excluding carboxylic acids is 1. The minimum atomic E-state index is -0.171. The maximum Gasteiger partial charge on any atom is 0.322 e. The van der Waals surface area contributed by atoms with Crippen molar-refractivity contribution in [3.05, 3.63) is 0 Å². The highest BCUT2D eigenvalue weighted by molar-refractivity contribution is 5.75. The Bertz CT molecular complexity index is 227. The van der Waals surface area contributed by atoms with Gasteiger partial charge in [-0.2, -0.15) is 0 Å². The molecule has 4 nitrogen and oxygen atoms in total. The van der Waals surface area contributed by atoms with Crippen molar-refractivity contribution >= 4 is 5.97 Å². The smallest absolute Gasteiger partial charge is 0.322 e. The van der Waals surface area contributed by atoms with Crippen molar-refractivity contribution in [1.82, 2.24) is 5.32 Å². The van der Waals surface area contributed by atoms with E-state index < -0.39 is 0 Å². The fourth-order valence-corrected chi connectivity index (χ4v) is 2.22. The Morgan fingerprint density at radius 1 is 1.59 bits per heavy atom. The number of methoxy groups -OCH3 is 1. The van der Waals surface area contributed by atoms with Crippen molar-refractivity contribution in [2.45, 2.75) is 51.6 Å². The van der Waals surface area contributed by atoms with Gasteiger partial charge in [-0.1, -0.05) is 19.8 Å². The lowest BCUT2D eigenvalue weighted by Crippen LogP contribution is -2.46. The number of hydrogen-bond acceptors (Lipinski definition) is 4. The molecule has 0 aliphatic carbocycles. The molecule has 1 N–H and O–H groups in total. The first-order valence-corrected chi connectivity index (χ1v) is 6.60. The van der Waals surface area contributed by atoms with Gasteiger partial charge in [-0.15, -0.1) is 0 Å². The van der Waals surface area contributed by atoms with E-state index >= 15 is 0 Å². The van der Waals surface area contributed by atoms with E-state index in [1.54, 1.807) is 0 Å². The molecule has 1 rings (SSSR count). The summed E-state index contributed by atoms with van der Waals surface area (Å²) < 4.78 is 10.2. The van der Waals surface area contributed by atoms with Crippen LogP contribution in [0.25, 0.3) is 0 Å². The Balaban J connectivity index is 2.42. The van der Waals surface area contributed by atoms with E-state index in [1.807, 2.05) is 0 Å². The lowest BCUT2D eigenvalue weighted by Gasteiger charge is -2.24. The molecule has 17 heavy (non-hydrogen) atoms. The average molecular weight is 243 g/mol. The van der Waals surface area contributed by atoms with E-state index in [2.05, 4.69) is 19.2 Å². The zero-order valence-electron chi connectivity index (χ0n) is 11.2. The van der Waals surface area contributed by atoms with Crippen LogP contribution in [0.1, 0.15) is 39.5 Å². The summed E-state index contributed by atoms with van der Waals surface area (Å²) in [7, 11) is 1.45. The molecular weight excluding hydrogens is 218 g/mol. The third kappa shape index (κ3) is 4.64. The predicted molar refractivity (Wildman–Crippen MR) is 66.9 cm³/mol. The number of unbranched alkanes of at least 4 members (excludes halogenated alkanes) is 1. The van der Waals surface area contributed by atoms with Gasteiger partial charge >= 0.3 is 5.97 Å². The molecule has 3 unspecified atom stereocenters. The molecule has 3 atom stereocenters. The Morgan fingerprint density at radius 3 is 2.88 bits per heavy atom. The molecule has 4 heteroatoms. The van der Waals surface area contributed by atoms with E-state index in [4.69, 9.17) is 9.47 Å². The van der Waals surface area contributed by atoms with Crippen molar-refractivity contribution in [2.24, 2.45) is 5.92 Å². The van der Waals surface area contributed by atoms with Crippen LogP contribution in [0.4, 0.5) is 0 Å². The first-order valence-electron chi connectivity index (χ1n) is 6.60. The lowest BCUT2D eigenvalue weighted by molar-refractivity contribution is -0.143. The van der Waals surface area contributed by atoms with Gasteiger partial charge in [0.15, 0.2) is 0 Å². The van der Waals surface area contributed by atoms with Gasteiger partial charge in [0, 0.05) is 12.6 Å². The van der Waals surface area contributed by atoms with E-state index in [-0.39, 0.29) is 12.0 Å². The summed E-state index contributed by atoms with van der Waals surface area (Å²) in [6, 6.07) is 0.133. The van der Waals surface area contributed by atoms with Crippen molar-refractivity contribution in [3.8, 4) is 0 Å². The highest BCUT2D eigenvalue weighted by atomic mass is 16.5. The second-order valence-electron chi connectivity index (χ2n) is 4.80. The van der Waals surface area contributed by atoms with Crippen LogP contribution >= 0.6 is 0 Å². The van der Waals surface area contributed by atoms with Gasteiger partial charge in [-0.05, 0) is 25.7 Å². The van der Waals surface area contributed by atoms with Crippen LogP contribution in [-0.2, 0) is 14.3 Å². The van der Waals surface area contributed by atoms with Crippen LogP contribution in [0.15, 0.2) is 0 Å². The zero-order valence-corrected chi connectivity index (χ0v) is 11.2. The number of hydrogen-bond donors (Lipinski definition) is 1. The van der Waals surface area contributed by atoms with Gasteiger partial charge in [0.2, 0.25) is 0 Å². The molecular formula is C13H25NO3. The predicted octanol–water partition coefficient (Wildman–Crippen LogP) is 1.73. The van der Waals surface area contributed by atoms with Crippen molar-refractivity contribution in [3.63, 3.8) is 0 Å². The summed E-state index contributed by atoms with van der Waals surface area (Å²) in [5, 5.41) is 3.39. The molecule has 100 valence electrons. The van der Waals surface area contributed by atoms with Crippen LogP contribution in [0, 0.1) is 5.92 Å². The third-order valence-electron chi connectivity index (χ3n) is 3.47. The van der Waals surface area contributed by atoms with Gasteiger partial charge in [-0.25, -0.2) is 0 Å². The highest BCUT2D eigenvalue weighted by Gasteiger charge is 2.27. The Labute approximate surface area is 104 Å². The molecule has 0 radical (unpaired) electrons. The molecule has 0 spiro atoms. The Hall–Kier alpha value is -0.610. The lowest BCUT2D eigenvalue weighted by atomic mass is 9.99. The summed E-state index contributed by atoms with van der Waals surface area (Å²) in [4.78, 5) is 11.7. The summed E-state index contributed by atoms with van der Waals surface area (Å²) >= 11 is 0. The van der Waals surface area contributed by atoms with Crippen LogP contribution in [0.2, 0.25) is 0 Å². The fourth-order valence-electron chi connectivity index (χ4n) is 2.22. The van der Waals surface area contributed by atoms with Gasteiger partial charge in [0.25, 0.3) is 0 Å². The van der Waals surface area contributed by atoms with Gasteiger partial charge < -0.3 is 14.8 Å². The topological polar surface area (TPSA) is 47.6 Å². The second kappa shape index (κ2) is 7.67. The second-order valence-corrected chi connectivity index (χ2v) is 4.80. The number of esters is 1. The minimum Gasteiger partial charge on any atom is -0.468 e. The quantitative estimate of drug-likeness (QED) is 0.692. The molecule has 0 aromatic carbocycles. The Kier molecular flexibility index (Phi) is 6.52. The number of nitrogens with one attached hydrogen (secondary N) is 1. The molecule has 0 aromatic heterocycles. The largest absolute Gasteiger partial charge is 0.468 e. The van der Waals surface area contributed by atoms with Crippen LogP contribution in [0.3, 0.4) is 0 Å². The average Bonchev–Trinajstić information content (AvgIpc) is 2.87. The maximum absolute atomic E-state index is 11.7.